The third-order valence-corrected chi connectivity index (χ3v) is 2.85. The highest BCUT2D eigenvalue weighted by Gasteiger charge is 1.94. The summed E-state index contributed by atoms with van der Waals surface area (Å²) >= 11 is 3.33. The molecule has 0 spiro atoms. The van der Waals surface area contributed by atoms with Crippen LogP contribution in [0.3, 0.4) is 0 Å². The highest BCUT2D eigenvalue weighted by atomic mass is 79.9. The Morgan fingerprint density at radius 1 is 1.31 bits per heavy atom. The molecule has 0 radical (unpaired) electrons. The number of hydrogen-bond acceptors (Lipinski definition) is 3. The summed E-state index contributed by atoms with van der Waals surface area (Å²) in [4.78, 5) is 10.2. The zero-order valence-electron chi connectivity index (χ0n) is 9.99. The molecular weight excluding hydrogens is 272 g/mol. The van der Waals surface area contributed by atoms with E-state index in [2.05, 4.69) is 25.4 Å². The van der Waals surface area contributed by atoms with Crippen LogP contribution in [0.2, 0.25) is 0 Å². The molecule has 0 N–H and O–H groups in total. The summed E-state index contributed by atoms with van der Waals surface area (Å²) in [5.41, 5.74) is 1.85. The molecule has 1 aromatic rings. The van der Waals surface area contributed by atoms with Crippen LogP contribution in [-0.4, -0.2) is 26.8 Å². The minimum atomic E-state index is -0.0648. The van der Waals surface area contributed by atoms with Crippen molar-refractivity contribution in [3.05, 3.63) is 33.8 Å². The van der Waals surface area contributed by atoms with Crippen LogP contribution in [-0.2, 0) is 9.47 Å². The van der Waals surface area contributed by atoms with Crippen molar-refractivity contribution in [2.75, 3.05) is 14.2 Å². The van der Waals surface area contributed by atoms with Gasteiger partial charge in [0.15, 0.2) is 6.29 Å². The fourth-order valence-electron chi connectivity index (χ4n) is 0.779. The molecule has 3 nitrogen and oxygen atoms in total. The van der Waals surface area contributed by atoms with Crippen LogP contribution in [0.25, 0.3) is 0 Å². The summed E-state index contributed by atoms with van der Waals surface area (Å²) < 4.78 is 10.3. The monoisotopic (exact) mass is 288 g/mol. The molecular formula is C12H17BrO3. The fraction of sp³-hybridized carbons (Fsp3) is 0.417. The SMILES string of the molecule is COC(C)OC.Cc1ccc(C=O)cc1Br. The lowest BCUT2D eigenvalue weighted by Gasteiger charge is -2.03. The number of carbonyl (C=O) groups is 1. The molecule has 0 aliphatic carbocycles. The van der Waals surface area contributed by atoms with Crippen LogP contribution in [0, 0.1) is 6.92 Å². The van der Waals surface area contributed by atoms with E-state index in [9.17, 15) is 4.79 Å². The van der Waals surface area contributed by atoms with Gasteiger partial charge < -0.3 is 9.47 Å². The van der Waals surface area contributed by atoms with Crippen molar-refractivity contribution in [3.63, 3.8) is 0 Å². The number of aldehydes is 1. The molecule has 0 aliphatic rings. The van der Waals surface area contributed by atoms with Gasteiger partial charge >= 0.3 is 0 Å². The molecule has 0 atom stereocenters. The molecule has 0 aliphatic heterocycles. The number of aryl methyl sites for hydroxylation is 1. The third kappa shape index (κ3) is 6.00. The standard InChI is InChI=1S/C8H7BrO.C4H10O2/c1-6-2-3-7(5-10)4-8(6)9;1-4(5-2)6-3/h2-5H,1H3;4H,1-3H3. The van der Waals surface area contributed by atoms with Crippen LogP contribution in [0.4, 0.5) is 0 Å². The Balaban J connectivity index is 0.000000325. The summed E-state index contributed by atoms with van der Waals surface area (Å²) in [5, 5.41) is 0. The van der Waals surface area contributed by atoms with E-state index in [-0.39, 0.29) is 6.29 Å². The summed E-state index contributed by atoms with van der Waals surface area (Å²) in [6.45, 7) is 3.82. The minimum Gasteiger partial charge on any atom is -0.356 e. The molecule has 4 heteroatoms. The molecule has 0 saturated carbocycles. The van der Waals surface area contributed by atoms with Crippen LogP contribution in [0.1, 0.15) is 22.8 Å². The second-order valence-electron chi connectivity index (χ2n) is 3.17. The number of rotatable bonds is 3. The maximum Gasteiger partial charge on any atom is 0.154 e. The second kappa shape index (κ2) is 8.44. The molecule has 16 heavy (non-hydrogen) atoms. The van der Waals surface area contributed by atoms with E-state index in [1.54, 1.807) is 20.3 Å². The Kier molecular flexibility index (Phi) is 8.07. The largest absolute Gasteiger partial charge is 0.356 e. The lowest BCUT2D eigenvalue weighted by molar-refractivity contribution is -0.0877. The number of ether oxygens (including phenoxy) is 2. The molecule has 90 valence electrons. The average Bonchev–Trinajstić information content (AvgIpc) is 2.32. The van der Waals surface area contributed by atoms with Crippen LogP contribution < -0.4 is 0 Å². The summed E-state index contributed by atoms with van der Waals surface area (Å²) in [5.74, 6) is 0. The zero-order valence-corrected chi connectivity index (χ0v) is 11.6. The van der Waals surface area contributed by atoms with E-state index in [0.29, 0.717) is 5.56 Å². The molecule has 1 rings (SSSR count). The molecule has 0 heterocycles. The Morgan fingerprint density at radius 3 is 2.19 bits per heavy atom. The summed E-state index contributed by atoms with van der Waals surface area (Å²) in [6.07, 6.45) is 0.773. The van der Waals surface area contributed by atoms with Gasteiger partial charge in [-0.15, -0.1) is 0 Å². The second-order valence-corrected chi connectivity index (χ2v) is 4.02. The van der Waals surface area contributed by atoms with Crippen molar-refractivity contribution in [2.45, 2.75) is 20.1 Å². The maximum absolute atomic E-state index is 10.2. The highest BCUT2D eigenvalue weighted by Crippen LogP contribution is 2.16. The van der Waals surface area contributed by atoms with Crippen molar-refractivity contribution >= 4 is 22.2 Å². The molecule has 0 amide bonds. The predicted molar refractivity (Wildman–Crippen MR) is 67.7 cm³/mol. The van der Waals surface area contributed by atoms with Crippen LogP contribution in [0.5, 0.6) is 0 Å². The zero-order chi connectivity index (χ0) is 12.6. The first-order chi connectivity index (χ1) is 7.54. The van der Waals surface area contributed by atoms with Gasteiger partial charge in [-0.1, -0.05) is 28.1 Å². The molecule has 0 bridgehead atoms. The van der Waals surface area contributed by atoms with Gasteiger partial charge in [0, 0.05) is 24.3 Å². The quantitative estimate of drug-likeness (QED) is 0.633. The lowest BCUT2D eigenvalue weighted by Crippen LogP contribution is -2.05. The van der Waals surface area contributed by atoms with Crippen LogP contribution >= 0.6 is 15.9 Å². The van der Waals surface area contributed by atoms with E-state index in [0.717, 1.165) is 16.3 Å². The van der Waals surface area contributed by atoms with Gasteiger partial charge in [0.2, 0.25) is 0 Å². The molecule has 0 unspecified atom stereocenters. The normalized spacial score (nSPS) is 9.62. The van der Waals surface area contributed by atoms with Gasteiger partial charge in [0.1, 0.15) is 6.29 Å². The van der Waals surface area contributed by atoms with E-state index < -0.39 is 0 Å². The predicted octanol–water partition coefficient (Wildman–Crippen LogP) is 3.20. The van der Waals surface area contributed by atoms with E-state index in [1.807, 2.05) is 26.0 Å². The highest BCUT2D eigenvalue weighted by molar-refractivity contribution is 9.10. The van der Waals surface area contributed by atoms with Crippen molar-refractivity contribution in [1.82, 2.24) is 0 Å². The van der Waals surface area contributed by atoms with Crippen molar-refractivity contribution in [2.24, 2.45) is 0 Å². The number of benzene rings is 1. The van der Waals surface area contributed by atoms with Gasteiger partial charge in [0.25, 0.3) is 0 Å². The van der Waals surface area contributed by atoms with E-state index in [1.165, 1.54) is 0 Å². The molecule has 0 aromatic heterocycles. The van der Waals surface area contributed by atoms with Gasteiger partial charge in [-0.2, -0.15) is 0 Å². The Hall–Kier alpha value is -0.710. The smallest absolute Gasteiger partial charge is 0.154 e. The van der Waals surface area contributed by atoms with Gasteiger partial charge in [-0.25, -0.2) is 0 Å². The Bertz CT molecular complexity index is 322. The Morgan fingerprint density at radius 2 is 1.88 bits per heavy atom. The number of halogens is 1. The number of hydrogen-bond donors (Lipinski definition) is 0. The van der Waals surface area contributed by atoms with Gasteiger partial charge in [-0.3, -0.25) is 4.79 Å². The topological polar surface area (TPSA) is 35.5 Å². The summed E-state index contributed by atoms with van der Waals surface area (Å²) in [6, 6.07) is 5.52. The van der Waals surface area contributed by atoms with Crippen molar-refractivity contribution in [3.8, 4) is 0 Å². The fourth-order valence-corrected chi connectivity index (χ4v) is 1.18. The van der Waals surface area contributed by atoms with Crippen molar-refractivity contribution < 1.29 is 14.3 Å². The van der Waals surface area contributed by atoms with Crippen molar-refractivity contribution in [1.29, 1.82) is 0 Å². The lowest BCUT2D eigenvalue weighted by atomic mass is 10.2. The Labute approximate surface area is 105 Å². The maximum atomic E-state index is 10.2. The summed E-state index contributed by atoms with van der Waals surface area (Å²) in [7, 11) is 3.21. The minimum absolute atomic E-state index is 0.0648. The third-order valence-electron chi connectivity index (χ3n) is 2.00. The van der Waals surface area contributed by atoms with E-state index >= 15 is 0 Å². The first-order valence-electron chi connectivity index (χ1n) is 4.82. The molecule has 0 fully saturated rings. The van der Waals surface area contributed by atoms with Crippen LogP contribution in [0.15, 0.2) is 22.7 Å². The number of carbonyl (C=O) groups excluding carboxylic acids is 1. The first-order valence-corrected chi connectivity index (χ1v) is 5.61. The average molecular weight is 289 g/mol. The molecule has 0 saturated heterocycles. The van der Waals surface area contributed by atoms with Gasteiger partial charge in [-0.05, 0) is 25.5 Å². The van der Waals surface area contributed by atoms with Gasteiger partial charge in [0.05, 0.1) is 0 Å². The number of methoxy groups -OCH3 is 2. The first kappa shape index (κ1) is 15.3. The van der Waals surface area contributed by atoms with E-state index in [4.69, 9.17) is 0 Å². The molecule has 1 aromatic carbocycles.